The number of carbonyl (C=O) groups is 2. The van der Waals surface area contributed by atoms with E-state index in [0.29, 0.717) is 11.3 Å². The average molecular weight is 670 g/mol. The van der Waals surface area contributed by atoms with Gasteiger partial charge in [0.15, 0.2) is 0 Å². The smallest absolute Gasteiger partial charge is 0.416 e. The Labute approximate surface area is 241 Å². The number of nitrogens with one attached hydrogen (secondary N) is 1. The second kappa shape index (κ2) is 12.9. The van der Waals surface area contributed by atoms with Gasteiger partial charge in [0.25, 0.3) is 5.91 Å². The van der Waals surface area contributed by atoms with Crippen LogP contribution in [0.5, 0.6) is 5.75 Å². The summed E-state index contributed by atoms with van der Waals surface area (Å²) in [4.78, 5) is 28.0. The van der Waals surface area contributed by atoms with E-state index in [2.05, 4.69) is 27.9 Å². The summed E-state index contributed by atoms with van der Waals surface area (Å²) in [6, 6.07) is 11.5. The number of nitrogens with zero attached hydrogens (tertiary/aromatic N) is 1. The van der Waals surface area contributed by atoms with E-state index in [1.54, 1.807) is 24.3 Å². The van der Waals surface area contributed by atoms with E-state index in [1.807, 2.05) is 6.07 Å². The van der Waals surface area contributed by atoms with E-state index in [9.17, 15) is 27.9 Å². The van der Waals surface area contributed by atoms with E-state index in [4.69, 9.17) is 14.3 Å². The van der Waals surface area contributed by atoms with Gasteiger partial charge in [-0.3, -0.25) is 9.59 Å². The van der Waals surface area contributed by atoms with Crippen molar-refractivity contribution in [3.63, 3.8) is 0 Å². The van der Waals surface area contributed by atoms with Gasteiger partial charge >= 0.3 is 6.18 Å². The summed E-state index contributed by atoms with van der Waals surface area (Å²) in [6.07, 6.45) is -2.70. The molecule has 1 aliphatic rings. The Kier molecular flexibility index (Phi) is 9.53. The lowest BCUT2D eigenvalue weighted by molar-refractivity contribution is -0.137. The molecule has 1 heterocycles. The highest BCUT2D eigenvalue weighted by Crippen LogP contribution is 2.32. The lowest BCUT2D eigenvalue weighted by Gasteiger charge is -2.40. The zero-order valence-corrected chi connectivity index (χ0v) is 23.1. The second-order valence-corrected chi connectivity index (χ2v) is 10.2. The summed E-state index contributed by atoms with van der Waals surface area (Å²) in [5.41, 5.74) is -0.139. The van der Waals surface area contributed by atoms with Gasteiger partial charge < -0.3 is 29.6 Å². The van der Waals surface area contributed by atoms with Crippen LogP contribution < -0.4 is 10.1 Å². The van der Waals surface area contributed by atoms with Gasteiger partial charge in [0.1, 0.15) is 18.0 Å². The normalized spacial score (nSPS) is 19.1. The first-order chi connectivity index (χ1) is 19.1. The summed E-state index contributed by atoms with van der Waals surface area (Å²) in [5, 5.41) is 23.2. The molecule has 2 amide bonds. The lowest BCUT2D eigenvalue weighted by atomic mass is 9.87. The van der Waals surface area contributed by atoms with Crippen molar-refractivity contribution in [2.45, 2.75) is 37.4 Å². The number of ether oxygens (including phenoxy) is 1. The first-order valence-electron chi connectivity index (χ1n) is 12.3. The molecule has 8 nitrogen and oxygen atoms in total. The van der Waals surface area contributed by atoms with Crippen LogP contribution in [0.4, 0.5) is 13.2 Å². The average Bonchev–Trinajstić information content (AvgIpc) is 3.45. The molecule has 3 atom stereocenters. The first kappa shape index (κ1) is 29.6. The van der Waals surface area contributed by atoms with Crippen LogP contribution in [-0.4, -0.2) is 58.3 Å². The van der Waals surface area contributed by atoms with Crippen molar-refractivity contribution >= 4 is 34.4 Å². The summed E-state index contributed by atoms with van der Waals surface area (Å²) in [7, 11) is 0. The number of aliphatic hydroxyl groups is 2. The van der Waals surface area contributed by atoms with E-state index in [-0.39, 0.29) is 37.3 Å². The van der Waals surface area contributed by atoms with Gasteiger partial charge in [-0.25, -0.2) is 0 Å². The molecule has 40 heavy (non-hydrogen) atoms. The Morgan fingerprint density at radius 1 is 1.12 bits per heavy atom. The molecule has 0 saturated carbocycles. The molecular formula is C28H26F3IN2O6. The number of hydrogen-bond donors (Lipinski definition) is 3. The summed E-state index contributed by atoms with van der Waals surface area (Å²) in [6.45, 7) is -0.347. The van der Waals surface area contributed by atoms with E-state index >= 15 is 0 Å². The molecule has 2 aromatic carbocycles. The highest BCUT2D eigenvalue weighted by Gasteiger charge is 2.41. The van der Waals surface area contributed by atoms with E-state index < -0.39 is 41.8 Å². The Morgan fingerprint density at radius 2 is 1.85 bits per heavy atom. The first-order valence-corrected chi connectivity index (χ1v) is 13.3. The molecule has 4 rings (SSSR count). The maximum absolute atomic E-state index is 13.8. The van der Waals surface area contributed by atoms with Crippen LogP contribution in [-0.2, 0) is 17.5 Å². The number of amides is 2. The predicted octanol–water partition coefficient (Wildman–Crippen LogP) is 4.16. The van der Waals surface area contributed by atoms with Gasteiger partial charge in [-0.2, -0.15) is 13.2 Å². The molecule has 0 radical (unpaired) electrons. The minimum Gasteiger partial charge on any atom is -0.482 e. The van der Waals surface area contributed by atoms with Crippen molar-refractivity contribution in [3.05, 3.63) is 99.0 Å². The van der Waals surface area contributed by atoms with Crippen molar-refractivity contribution in [2.24, 2.45) is 0 Å². The molecule has 212 valence electrons. The Bertz CT molecular complexity index is 1340. The topological polar surface area (TPSA) is 112 Å². The molecule has 0 spiro atoms. The van der Waals surface area contributed by atoms with Crippen LogP contribution in [0.1, 0.15) is 27.9 Å². The number of rotatable bonds is 9. The fraction of sp³-hybridized carbons (Fsp3) is 0.286. The van der Waals surface area contributed by atoms with Crippen LogP contribution >= 0.6 is 22.6 Å². The monoisotopic (exact) mass is 670 g/mol. The number of para-hydroxylation sites is 1. The van der Waals surface area contributed by atoms with E-state index in [1.165, 1.54) is 23.5 Å². The van der Waals surface area contributed by atoms with Crippen LogP contribution in [0.25, 0.3) is 0 Å². The van der Waals surface area contributed by atoms with Crippen LogP contribution in [0, 0.1) is 3.57 Å². The minimum absolute atomic E-state index is 0.00524. The van der Waals surface area contributed by atoms with Crippen molar-refractivity contribution in [3.8, 4) is 5.75 Å². The SMILES string of the molecule is O=C(NCCO)C1=CC(Oc2ccccc2I)C(O)C(N(Cc2ccoc2)C(=O)c2ccc(C(F)(F)F)cc2)C1. The maximum atomic E-state index is 13.8. The van der Waals surface area contributed by atoms with Crippen molar-refractivity contribution in [2.75, 3.05) is 13.2 Å². The summed E-state index contributed by atoms with van der Waals surface area (Å²) >= 11 is 2.07. The third-order valence-electron chi connectivity index (χ3n) is 6.37. The third-order valence-corrected chi connectivity index (χ3v) is 7.26. The number of benzene rings is 2. The minimum atomic E-state index is -4.57. The maximum Gasteiger partial charge on any atom is 0.416 e. The van der Waals surface area contributed by atoms with Crippen molar-refractivity contribution in [1.82, 2.24) is 10.2 Å². The van der Waals surface area contributed by atoms with Gasteiger partial charge in [-0.05, 0) is 71.1 Å². The predicted molar refractivity (Wildman–Crippen MR) is 146 cm³/mol. The van der Waals surface area contributed by atoms with Gasteiger partial charge in [-0.1, -0.05) is 12.1 Å². The molecule has 0 fully saturated rings. The third kappa shape index (κ3) is 7.04. The summed E-state index contributed by atoms with van der Waals surface area (Å²) < 4.78 is 51.3. The van der Waals surface area contributed by atoms with Gasteiger partial charge in [0.05, 0.1) is 34.3 Å². The Hall–Kier alpha value is -3.36. The van der Waals surface area contributed by atoms with Crippen LogP contribution in [0.2, 0.25) is 0 Å². The standard InChI is InChI=1S/C28H26F3IN2O6/c29-28(30,31)20-7-5-18(6-8-20)27(38)34(15-17-9-12-39-16-17)22-13-19(26(37)33-10-11-35)14-24(25(22)36)40-23-4-2-1-3-21(23)32/h1-9,12,14,16,22,24-25,35-36H,10-11,13,15H2,(H,33,37). The van der Waals surface area contributed by atoms with E-state index in [0.717, 1.165) is 27.8 Å². The molecule has 12 heteroatoms. The highest BCUT2D eigenvalue weighted by atomic mass is 127. The number of hydrogen-bond acceptors (Lipinski definition) is 6. The second-order valence-electron chi connectivity index (χ2n) is 9.09. The molecule has 3 unspecified atom stereocenters. The molecule has 0 aliphatic heterocycles. The molecule has 3 aromatic rings. The van der Waals surface area contributed by atoms with Crippen LogP contribution in [0.15, 0.2) is 83.2 Å². The fourth-order valence-corrected chi connectivity index (χ4v) is 4.87. The number of alkyl halides is 3. The number of carbonyl (C=O) groups excluding carboxylic acids is 2. The molecule has 0 saturated heterocycles. The van der Waals surface area contributed by atoms with Gasteiger partial charge in [0, 0.05) is 36.2 Å². The van der Waals surface area contributed by atoms with Crippen molar-refractivity contribution in [1.29, 1.82) is 0 Å². The molecule has 1 aliphatic carbocycles. The zero-order chi connectivity index (χ0) is 28.9. The molecular weight excluding hydrogens is 644 g/mol. The fourth-order valence-electron chi connectivity index (χ4n) is 4.35. The number of aliphatic hydroxyl groups excluding tert-OH is 2. The molecule has 0 bridgehead atoms. The van der Waals surface area contributed by atoms with Crippen LogP contribution in [0.3, 0.4) is 0 Å². The zero-order valence-electron chi connectivity index (χ0n) is 21.0. The van der Waals surface area contributed by atoms with Crippen molar-refractivity contribution < 1.29 is 42.1 Å². The quantitative estimate of drug-likeness (QED) is 0.295. The highest BCUT2D eigenvalue weighted by molar-refractivity contribution is 14.1. The van der Waals surface area contributed by atoms with Gasteiger partial charge in [-0.15, -0.1) is 0 Å². The molecule has 1 aromatic heterocycles. The number of halogens is 4. The Balaban J connectivity index is 1.71. The number of furan rings is 1. The molecule has 3 N–H and O–H groups in total. The lowest BCUT2D eigenvalue weighted by Crippen LogP contribution is -2.54. The summed E-state index contributed by atoms with van der Waals surface area (Å²) in [5.74, 6) is -0.703. The largest absolute Gasteiger partial charge is 0.482 e. The Morgan fingerprint density at radius 3 is 2.48 bits per heavy atom. The van der Waals surface area contributed by atoms with Gasteiger partial charge in [0.2, 0.25) is 5.91 Å².